The zero-order valence-corrected chi connectivity index (χ0v) is 12.7. The normalized spacial score (nSPS) is 10.8. The number of aryl methyl sites for hydroxylation is 2. The standard InChI is InChI=1S/C13H16Cl2N4/c1-4-8-6-9(5-2)19(18-8)13-11(15)7-10(14)12(16-3)17-13/h6-7H,4-5H2,1-3H3,(H,16,17). The third-order valence-corrected chi connectivity index (χ3v) is 3.47. The molecule has 0 unspecified atom stereocenters. The lowest BCUT2D eigenvalue weighted by molar-refractivity contribution is 0.773. The van der Waals surface area contributed by atoms with Crippen molar-refractivity contribution >= 4 is 29.0 Å². The molecule has 0 atom stereocenters. The Hall–Kier alpha value is -1.26. The highest BCUT2D eigenvalue weighted by Gasteiger charge is 2.14. The third-order valence-electron chi connectivity index (χ3n) is 2.91. The molecule has 2 aromatic rings. The van der Waals surface area contributed by atoms with Crippen molar-refractivity contribution in [2.24, 2.45) is 0 Å². The number of halogens is 2. The summed E-state index contributed by atoms with van der Waals surface area (Å²) in [6.07, 6.45) is 1.74. The summed E-state index contributed by atoms with van der Waals surface area (Å²) >= 11 is 12.3. The number of hydrogen-bond donors (Lipinski definition) is 1. The zero-order valence-electron chi connectivity index (χ0n) is 11.2. The fourth-order valence-electron chi connectivity index (χ4n) is 1.86. The maximum absolute atomic E-state index is 6.24. The van der Waals surface area contributed by atoms with E-state index in [9.17, 15) is 0 Å². The minimum atomic E-state index is 0.490. The molecule has 19 heavy (non-hydrogen) atoms. The van der Waals surface area contributed by atoms with Crippen LogP contribution < -0.4 is 5.32 Å². The molecule has 1 N–H and O–H groups in total. The van der Waals surface area contributed by atoms with Crippen molar-refractivity contribution in [3.63, 3.8) is 0 Å². The number of aromatic nitrogens is 3. The van der Waals surface area contributed by atoms with Crippen LogP contribution in [0, 0.1) is 0 Å². The van der Waals surface area contributed by atoms with E-state index in [1.807, 2.05) is 0 Å². The fourth-order valence-corrected chi connectivity index (χ4v) is 2.40. The van der Waals surface area contributed by atoms with Crippen molar-refractivity contribution in [2.75, 3.05) is 12.4 Å². The van der Waals surface area contributed by atoms with Gasteiger partial charge in [-0.1, -0.05) is 37.0 Å². The van der Waals surface area contributed by atoms with Crippen molar-refractivity contribution in [2.45, 2.75) is 26.7 Å². The lowest BCUT2D eigenvalue weighted by atomic mass is 10.2. The molecule has 0 aliphatic rings. The molecule has 0 saturated carbocycles. The molecule has 0 spiro atoms. The average molecular weight is 299 g/mol. The number of anilines is 1. The Balaban J connectivity index is 2.60. The number of hydrogen-bond acceptors (Lipinski definition) is 3. The second kappa shape index (κ2) is 5.80. The van der Waals surface area contributed by atoms with Crippen LogP contribution >= 0.6 is 23.2 Å². The first-order chi connectivity index (χ1) is 9.10. The smallest absolute Gasteiger partial charge is 0.174 e. The van der Waals surface area contributed by atoms with Gasteiger partial charge in [0.2, 0.25) is 0 Å². The van der Waals surface area contributed by atoms with E-state index in [1.165, 1.54) is 0 Å². The molecular weight excluding hydrogens is 283 g/mol. The zero-order chi connectivity index (χ0) is 14.0. The molecule has 0 fully saturated rings. The van der Waals surface area contributed by atoms with Crippen LogP contribution in [0.2, 0.25) is 10.0 Å². The molecule has 0 bridgehead atoms. The molecule has 2 heterocycles. The molecule has 0 radical (unpaired) electrons. The van der Waals surface area contributed by atoms with Gasteiger partial charge >= 0.3 is 0 Å². The molecule has 2 rings (SSSR count). The summed E-state index contributed by atoms with van der Waals surface area (Å²) in [6, 6.07) is 3.76. The van der Waals surface area contributed by atoms with E-state index < -0.39 is 0 Å². The summed E-state index contributed by atoms with van der Waals surface area (Å²) in [5.74, 6) is 1.20. The summed E-state index contributed by atoms with van der Waals surface area (Å²) in [5, 5.41) is 8.47. The van der Waals surface area contributed by atoms with Crippen LogP contribution in [0.15, 0.2) is 12.1 Å². The highest BCUT2D eigenvalue weighted by molar-refractivity contribution is 6.36. The molecule has 0 saturated heterocycles. The summed E-state index contributed by atoms with van der Waals surface area (Å²) < 4.78 is 1.79. The van der Waals surface area contributed by atoms with Gasteiger partial charge < -0.3 is 5.32 Å². The number of pyridine rings is 1. The molecule has 0 aliphatic carbocycles. The lowest BCUT2D eigenvalue weighted by Crippen LogP contribution is -2.07. The van der Waals surface area contributed by atoms with Gasteiger partial charge in [0, 0.05) is 12.7 Å². The van der Waals surface area contributed by atoms with Crippen LogP contribution in [0.1, 0.15) is 25.2 Å². The van der Waals surface area contributed by atoms with E-state index >= 15 is 0 Å². The number of nitrogens with zero attached hydrogens (tertiary/aromatic N) is 3. The van der Waals surface area contributed by atoms with Gasteiger partial charge in [-0.25, -0.2) is 9.67 Å². The highest BCUT2D eigenvalue weighted by Crippen LogP contribution is 2.28. The molecule has 6 heteroatoms. The maximum atomic E-state index is 6.24. The van der Waals surface area contributed by atoms with Gasteiger partial charge in [-0.2, -0.15) is 5.10 Å². The van der Waals surface area contributed by atoms with Gasteiger partial charge in [-0.05, 0) is 25.0 Å². The quantitative estimate of drug-likeness (QED) is 0.935. The molecule has 102 valence electrons. The van der Waals surface area contributed by atoms with Crippen LogP contribution in [-0.4, -0.2) is 21.8 Å². The molecule has 4 nitrogen and oxygen atoms in total. The van der Waals surface area contributed by atoms with Gasteiger partial charge in [0.25, 0.3) is 0 Å². The summed E-state index contributed by atoms with van der Waals surface area (Å²) in [4.78, 5) is 4.44. The third kappa shape index (κ3) is 2.69. The van der Waals surface area contributed by atoms with Crippen LogP contribution in [0.25, 0.3) is 5.82 Å². The first-order valence-corrected chi connectivity index (χ1v) is 6.98. The predicted octanol–water partition coefficient (Wildman–Crippen LogP) is 3.74. The van der Waals surface area contributed by atoms with Gasteiger partial charge in [0.05, 0.1) is 15.7 Å². The minimum Gasteiger partial charge on any atom is -0.372 e. The maximum Gasteiger partial charge on any atom is 0.174 e. The molecular formula is C13H16Cl2N4. The van der Waals surface area contributed by atoms with Crippen molar-refractivity contribution in [1.82, 2.24) is 14.8 Å². The molecule has 0 amide bonds. The summed E-state index contributed by atoms with van der Waals surface area (Å²) in [7, 11) is 1.77. The molecule has 0 aromatic carbocycles. The minimum absolute atomic E-state index is 0.490. The highest BCUT2D eigenvalue weighted by atomic mass is 35.5. The van der Waals surface area contributed by atoms with E-state index in [-0.39, 0.29) is 0 Å². The Kier molecular flexibility index (Phi) is 4.32. The van der Waals surface area contributed by atoms with E-state index in [0.717, 1.165) is 24.2 Å². The summed E-state index contributed by atoms with van der Waals surface area (Å²) in [6.45, 7) is 4.15. The Morgan fingerprint density at radius 3 is 2.47 bits per heavy atom. The molecule has 0 aliphatic heterocycles. The Bertz CT molecular complexity index is 593. The first-order valence-electron chi connectivity index (χ1n) is 6.22. The largest absolute Gasteiger partial charge is 0.372 e. The van der Waals surface area contributed by atoms with E-state index in [0.29, 0.717) is 21.7 Å². The summed E-state index contributed by atoms with van der Waals surface area (Å²) in [5.41, 5.74) is 2.10. The van der Waals surface area contributed by atoms with E-state index in [1.54, 1.807) is 17.8 Å². The van der Waals surface area contributed by atoms with Gasteiger partial charge in [0.1, 0.15) is 5.82 Å². The lowest BCUT2D eigenvalue weighted by Gasteiger charge is -2.10. The SMILES string of the molecule is CCc1cc(CC)n(-c2nc(NC)c(Cl)cc2Cl)n1. The van der Waals surface area contributed by atoms with Gasteiger partial charge in [-0.3, -0.25) is 0 Å². The number of nitrogens with one attached hydrogen (secondary N) is 1. The second-order valence-corrected chi connectivity index (χ2v) is 4.93. The van der Waals surface area contributed by atoms with E-state index in [2.05, 4.69) is 35.3 Å². The Morgan fingerprint density at radius 1 is 1.16 bits per heavy atom. The Morgan fingerprint density at radius 2 is 1.89 bits per heavy atom. The monoisotopic (exact) mass is 298 g/mol. The number of rotatable bonds is 4. The Labute approximate surface area is 122 Å². The topological polar surface area (TPSA) is 42.7 Å². The van der Waals surface area contributed by atoms with Gasteiger partial charge in [-0.15, -0.1) is 0 Å². The second-order valence-electron chi connectivity index (χ2n) is 4.12. The average Bonchev–Trinajstić information content (AvgIpc) is 2.82. The van der Waals surface area contributed by atoms with E-state index in [4.69, 9.17) is 23.2 Å². The fraction of sp³-hybridized carbons (Fsp3) is 0.385. The van der Waals surface area contributed by atoms with Crippen LogP contribution in [0.5, 0.6) is 0 Å². The van der Waals surface area contributed by atoms with Crippen molar-refractivity contribution in [1.29, 1.82) is 0 Å². The van der Waals surface area contributed by atoms with Crippen LogP contribution in [0.4, 0.5) is 5.82 Å². The molecule has 2 aromatic heterocycles. The van der Waals surface area contributed by atoms with Crippen molar-refractivity contribution in [3.05, 3.63) is 33.6 Å². The van der Waals surface area contributed by atoms with Crippen molar-refractivity contribution in [3.8, 4) is 5.82 Å². The first kappa shape index (κ1) is 14.2. The van der Waals surface area contributed by atoms with Crippen LogP contribution in [-0.2, 0) is 12.8 Å². The van der Waals surface area contributed by atoms with Crippen molar-refractivity contribution < 1.29 is 0 Å². The van der Waals surface area contributed by atoms with Gasteiger partial charge in [0.15, 0.2) is 5.82 Å². The van der Waals surface area contributed by atoms with Crippen LogP contribution in [0.3, 0.4) is 0 Å². The predicted molar refractivity (Wildman–Crippen MR) is 79.7 cm³/mol.